The average Bonchev–Trinajstić information content (AvgIpc) is 3.62. The van der Waals surface area contributed by atoms with Gasteiger partial charge in [0.15, 0.2) is 0 Å². The van der Waals surface area contributed by atoms with Crippen LogP contribution in [0, 0.1) is 17.7 Å². The van der Waals surface area contributed by atoms with Gasteiger partial charge in [-0.25, -0.2) is 4.39 Å². The summed E-state index contributed by atoms with van der Waals surface area (Å²) in [7, 11) is -2.47. The van der Waals surface area contributed by atoms with Crippen molar-refractivity contribution in [2.45, 2.75) is 50.4 Å². The predicted octanol–water partition coefficient (Wildman–Crippen LogP) is 5.86. The van der Waals surface area contributed by atoms with Crippen LogP contribution in [-0.4, -0.2) is 29.7 Å². The van der Waals surface area contributed by atoms with Gasteiger partial charge in [0, 0.05) is 0 Å². The van der Waals surface area contributed by atoms with Crippen LogP contribution in [0.25, 0.3) is 0 Å². The second-order valence-corrected chi connectivity index (χ2v) is 11.0. The fraction of sp³-hybridized carbons (Fsp3) is 0.520. The molecule has 2 saturated carbocycles. The van der Waals surface area contributed by atoms with Gasteiger partial charge in [-0.05, 0) is 104 Å². The van der Waals surface area contributed by atoms with E-state index in [2.05, 4.69) is 0 Å². The number of hydrogen-bond donors (Lipinski definition) is 2. The summed E-state index contributed by atoms with van der Waals surface area (Å²) in [6.45, 7) is 0.601. The normalized spacial score (nSPS) is 22.4. The van der Waals surface area contributed by atoms with E-state index in [-0.39, 0.29) is 23.8 Å². The smallest absolute Gasteiger partial charge is 0.326 e. The maximum atomic E-state index is 14.3. The van der Waals surface area contributed by atoms with Crippen LogP contribution in [0.1, 0.15) is 61.5 Å². The summed E-state index contributed by atoms with van der Waals surface area (Å²) in [4.78, 5) is 18.9. The summed E-state index contributed by atoms with van der Waals surface area (Å²) >= 11 is 0. The van der Waals surface area contributed by atoms with Crippen molar-refractivity contribution < 1.29 is 28.2 Å². The van der Waals surface area contributed by atoms with Gasteiger partial charge in [0.05, 0.1) is 19.9 Å². The van der Waals surface area contributed by atoms with Gasteiger partial charge in [-0.15, -0.1) is 0 Å². The molecule has 0 aromatic heterocycles. The van der Waals surface area contributed by atoms with Gasteiger partial charge < -0.3 is 19.3 Å². The van der Waals surface area contributed by atoms with Crippen LogP contribution in [0.3, 0.4) is 0 Å². The molecular weight excluding hydrogens is 430 g/mol. The predicted molar refractivity (Wildman–Crippen MR) is 122 cm³/mol. The SMILES string of the molecule is COc1ccc(F)c(C2CCC(COc3cccc(C(CP(=O)(O)O)C4CC4)c3)CC2)c1. The third kappa shape index (κ3) is 6.12. The minimum Gasteiger partial charge on any atom is -0.497 e. The Kier molecular flexibility index (Phi) is 7.24. The molecule has 0 heterocycles. The van der Waals surface area contributed by atoms with Gasteiger partial charge in [-0.1, -0.05) is 12.1 Å². The monoisotopic (exact) mass is 462 g/mol. The summed E-state index contributed by atoms with van der Waals surface area (Å²) < 4.78 is 37.2. The summed E-state index contributed by atoms with van der Waals surface area (Å²) in [5.41, 5.74) is 1.69. The second kappa shape index (κ2) is 9.94. The highest BCUT2D eigenvalue weighted by Crippen LogP contribution is 2.50. The molecule has 0 amide bonds. The van der Waals surface area contributed by atoms with E-state index < -0.39 is 7.60 Å². The Morgan fingerprint density at radius 3 is 2.44 bits per heavy atom. The molecule has 0 aliphatic heterocycles. The first-order chi connectivity index (χ1) is 15.3. The first kappa shape index (κ1) is 23.3. The van der Waals surface area contributed by atoms with Gasteiger partial charge in [0.1, 0.15) is 17.3 Å². The maximum absolute atomic E-state index is 14.3. The quantitative estimate of drug-likeness (QED) is 0.457. The lowest BCUT2D eigenvalue weighted by Gasteiger charge is -2.29. The molecule has 0 radical (unpaired) electrons. The average molecular weight is 462 g/mol. The molecule has 174 valence electrons. The van der Waals surface area contributed by atoms with Gasteiger partial charge in [-0.2, -0.15) is 0 Å². The zero-order valence-electron chi connectivity index (χ0n) is 18.5. The van der Waals surface area contributed by atoms with Crippen molar-refractivity contribution in [3.63, 3.8) is 0 Å². The largest absolute Gasteiger partial charge is 0.497 e. The highest BCUT2D eigenvalue weighted by atomic mass is 31.2. The highest BCUT2D eigenvalue weighted by Gasteiger charge is 2.36. The van der Waals surface area contributed by atoms with E-state index in [4.69, 9.17) is 9.47 Å². The molecule has 2 aliphatic rings. The maximum Gasteiger partial charge on any atom is 0.326 e. The zero-order chi connectivity index (χ0) is 22.7. The number of methoxy groups -OCH3 is 1. The van der Waals surface area contributed by atoms with E-state index in [0.29, 0.717) is 24.2 Å². The molecule has 2 fully saturated rings. The first-order valence-electron chi connectivity index (χ1n) is 11.4. The van der Waals surface area contributed by atoms with E-state index in [1.54, 1.807) is 13.2 Å². The molecule has 7 heteroatoms. The molecule has 2 N–H and O–H groups in total. The lowest BCUT2D eigenvalue weighted by atomic mass is 9.79. The molecular formula is C25H32FO5P. The Balaban J connectivity index is 1.32. The molecule has 5 nitrogen and oxygen atoms in total. The van der Waals surface area contributed by atoms with E-state index in [0.717, 1.165) is 55.4 Å². The van der Waals surface area contributed by atoms with Crippen LogP contribution in [0.2, 0.25) is 0 Å². The van der Waals surface area contributed by atoms with E-state index in [9.17, 15) is 18.7 Å². The lowest BCUT2D eigenvalue weighted by Crippen LogP contribution is -2.20. The Morgan fingerprint density at radius 2 is 1.78 bits per heavy atom. The number of rotatable bonds is 9. The Bertz CT molecular complexity index is 963. The highest BCUT2D eigenvalue weighted by molar-refractivity contribution is 7.51. The molecule has 2 aromatic carbocycles. The minimum atomic E-state index is -4.07. The molecule has 0 bridgehead atoms. The van der Waals surface area contributed by atoms with Crippen molar-refractivity contribution in [3.05, 3.63) is 59.4 Å². The molecule has 0 spiro atoms. The van der Waals surface area contributed by atoms with Gasteiger partial charge >= 0.3 is 7.60 Å². The fourth-order valence-corrected chi connectivity index (χ4v) is 5.95. The number of benzene rings is 2. The van der Waals surface area contributed by atoms with Gasteiger partial charge in [-0.3, -0.25) is 4.57 Å². The van der Waals surface area contributed by atoms with Crippen LogP contribution >= 0.6 is 7.60 Å². The summed E-state index contributed by atoms with van der Waals surface area (Å²) in [5, 5.41) is 0. The Labute approximate surface area is 189 Å². The molecule has 2 aromatic rings. The first-order valence-corrected chi connectivity index (χ1v) is 13.2. The third-order valence-electron chi connectivity index (χ3n) is 6.89. The van der Waals surface area contributed by atoms with Crippen molar-refractivity contribution in [2.75, 3.05) is 19.9 Å². The molecule has 1 atom stereocenters. The molecule has 32 heavy (non-hydrogen) atoms. The lowest BCUT2D eigenvalue weighted by molar-refractivity contribution is 0.199. The second-order valence-electron chi connectivity index (χ2n) is 9.28. The van der Waals surface area contributed by atoms with Crippen molar-refractivity contribution in [2.24, 2.45) is 11.8 Å². The standard InChI is InChI=1S/C25H32FO5P/c1-30-21-11-12-25(26)23(14-21)18-7-5-17(6-8-18)15-31-22-4-2-3-20(13-22)24(19-9-10-19)16-32(27,28)29/h2-4,11-14,17-19,24H,5-10,15-16H2,1H3,(H2,27,28,29). The van der Waals surface area contributed by atoms with E-state index in [1.807, 2.05) is 30.3 Å². The van der Waals surface area contributed by atoms with Crippen LogP contribution in [-0.2, 0) is 4.57 Å². The third-order valence-corrected chi connectivity index (χ3v) is 7.76. The molecule has 0 saturated heterocycles. The summed E-state index contributed by atoms with van der Waals surface area (Å²) in [6, 6.07) is 12.6. The van der Waals surface area contributed by atoms with Crippen molar-refractivity contribution >= 4 is 7.60 Å². The van der Waals surface area contributed by atoms with Crippen LogP contribution < -0.4 is 9.47 Å². The minimum absolute atomic E-state index is 0.105. The Hall–Kier alpha value is -1.88. The van der Waals surface area contributed by atoms with Crippen LogP contribution in [0.4, 0.5) is 4.39 Å². The van der Waals surface area contributed by atoms with Crippen molar-refractivity contribution in [3.8, 4) is 11.5 Å². The fourth-order valence-electron chi connectivity index (χ4n) is 4.93. The van der Waals surface area contributed by atoms with Crippen molar-refractivity contribution in [1.82, 2.24) is 0 Å². The van der Waals surface area contributed by atoms with E-state index in [1.165, 1.54) is 6.07 Å². The molecule has 2 aliphatic carbocycles. The van der Waals surface area contributed by atoms with Crippen molar-refractivity contribution in [1.29, 1.82) is 0 Å². The van der Waals surface area contributed by atoms with Gasteiger partial charge in [0.2, 0.25) is 0 Å². The molecule has 4 rings (SSSR count). The summed E-state index contributed by atoms with van der Waals surface area (Å²) in [6.07, 6.45) is 5.73. The van der Waals surface area contributed by atoms with Gasteiger partial charge in [0.25, 0.3) is 0 Å². The zero-order valence-corrected chi connectivity index (χ0v) is 19.3. The number of ether oxygens (including phenoxy) is 2. The number of halogens is 1. The van der Waals surface area contributed by atoms with Crippen LogP contribution in [0.15, 0.2) is 42.5 Å². The number of hydrogen-bond acceptors (Lipinski definition) is 3. The van der Waals surface area contributed by atoms with E-state index >= 15 is 0 Å². The van der Waals surface area contributed by atoms with Crippen LogP contribution in [0.5, 0.6) is 11.5 Å². The topological polar surface area (TPSA) is 76.0 Å². The Morgan fingerprint density at radius 1 is 1.03 bits per heavy atom. The summed E-state index contributed by atoms with van der Waals surface area (Å²) in [5.74, 6) is 2.13. The molecule has 1 unspecified atom stereocenters.